The van der Waals surface area contributed by atoms with Gasteiger partial charge in [0, 0.05) is 17.1 Å². The lowest BCUT2D eigenvalue weighted by atomic mass is 10.2. The highest BCUT2D eigenvalue weighted by Crippen LogP contribution is 2.38. The van der Waals surface area contributed by atoms with Gasteiger partial charge in [-0.25, -0.2) is 18.1 Å². The van der Waals surface area contributed by atoms with Crippen LogP contribution in [0.25, 0.3) is 10.9 Å². The molecule has 2 heterocycles. The standard InChI is InChI=1S/C16H13ClN4O4S/c1-18-26(22,23)10-4-2-9(3-5-10)19-15-11-6-13-14(25-8-24-13)7-12(11)20-16(17)21-15/h2-7,18H,8H2,1H3,(H,19,20,21). The van der Waals surface area contributed by atoms with Gasteiger partial charge in [0.2, 0.25) is 22.1 Å². The van der Waals surface area contributed by atoms with Crippen LogP contribution in [0.15, 0.2) is 41.3 Å². The lowest BCUT2D eigenvalue weighted by Crippen LogP contribution is -2.18. The summed E-state index contributed by atoms with van der Waals surface area (Å²) < 4.78 is 36.6. The predicted molar refractivity (Wildman–Crippen MR) is 96.6 cm³/mol. The summed E-state index contributed by atoms with van der Waals surface area (Å²) in [5, 5.41) is 3.91. The van der Waals surface area contributed by atoms with E-state index in [0.29, 0.717) is 33.9 Å². The summed E-state index contributed by atoms with van der Waals surface area (Å²) in [5.41, 5.74) is 1.25. The molecule has 0 saturated heterocycles. The molecule has 0 unspecified atom stereocenters. The molecule has 26 heavy (non-hydrogen) atoms. The number of anilines is 2. The molecule has 0 fully saturated rings. The Kier molecular flexibility index (Phi) is 4.06. The molecule has 4 rings (SSSR count). The number of nitrogens with zero attached hydrogens (tertiary/aromatic N) is 2. The van der Waals surface area contributed by atoms with E-state index >= 15 is 0 Å². The van der Waals surface area contributed by atoms with Crippen LogP contribution in [0.1, 0.15) is 0 Å². The van der Waals surface area contributed by atoms with Crippen LogP contribution >= 0.6 is 11.6 Å². The van der Waals surface area contributed by atoms with Crippen LogP contribution in [0.5, 0.6) is 11.5 Å². The minimum Gasteiger partial charge on any atom is -0.454 e. The van der Waals surface area contributed by atoms with Gasteiger partial charge in [-0.3, -0.25) is 0 Å². The first-order valence-corrected chi connectivity index (χ1v) is 9.40. The number of fused-ring (bicyclic) bond motifs is 2. The van der Waals surface area contributed by atoms with Crippen molar-refractivity contribution in [2.45, 2.75) is 4.90 Å². The summed E-state index contributed by atoms with van der Waals surface area (Å²) in [4.78, 5) is 8.60. The van der Waals surface area contributed by atoms with Crippen LogP contribution in [-0.4, -0.2) is 32.2 Å². The molecule has 1 aromatic heterocycles. The Morgan fingerprint density at radius 1 is 1.08 bits per heavy atom. The van der Waals surface area contributed by atoms with Crippen molar-refractivity contribution in [3.63, 3.8) is 0 Å². The van der Waals surface area contributed by atoms with E-state index in [2.05, 4.69) is 20.0 Å². The van der Waals surface area contributed by atoms with Gasteiger partial charge in [-0.15, -0.1) is 0 Å². The maximum absolute atomic E-state index is 11.8. The second-order valence-corrected chi connectivity index (χ2v) is 7.65. The number of ether oxygens (including phenoxy) is 2. The van der Waals surface area contributed by atoms with Crippen molar-refractivity contribution in [2.75, 3.05) is 19.2 Å². The monoisotopic (exact) mass is 392 g/mol. The lowest BCUT2D eigenvalue weighted by Gasteiger charge is -2.10. The van der Waals surface area contributed by atoms with Crippen LogP contribution in [0.3, 0.4) is 0 Å². The van der Waals surface area contributed by atoms with E-state index in [1.807, 2.05) is 0 Å². The van der Waals surface area contributed by atoms with E-state index in [1.165, 1.54) is 19.2 Å². The molecule has 1 aliphatic heterocycles. The molecule has 2 N–H and O–H groups in total. The summed E-state index contributed by atoms with van der Waals surface area (Å²) in [5.74, 6) is 1.67. The number of nitrogens with one attached hydrogen (secondary N) is 2. The number of hydrogen-bond donors (Lipinski definition) is 2. The average molecular weight is 393 g/mol. The quantitative estimate of drug-likeness (QED) is 0.658. The highest BCUT2D eigenvalue weighted by atomic mass is 35.5. The summed E-state index contributed by atoms with van der Waals surface area (Å²) >= 11 is 6.02. The van der Waals surface area contributed by atoms with Crippen LogP contribution in [0.4, 0.5) is 11.5 Å². The maximum Gasteiger partial charge on any atom is 0.240 e. The molecular formula is C16H13ClN4O4S. The van der Waals surface area contributed by atoms with E-state index in [4.69, 9.17) is 21.1 Å². The van der Waals surface area contributed by atoms with Crippen LogP contribution in [-0.2, 0) is 10.0 Å². The van der Waals surface area contributed by atoms with Crippen molar-refractivity contribution in [1.82, 2.24) is 14.7 Å². The molecular weight excluding hydrogens is 380 g/mol. The smallest absolute Gasteiger partial charge is 0.240 e. The first kappa shape index (κ1) is 16.8. The molecule has 0 atom stereocenters. The van der Waals surface area contributed by atoms with Gasteiger partial charge in [-0.2, -0.15) is 4.98 Å². The second-order valence-electron chi connectivity index (χ2n) is 5.42. The minimum absolute atomic E-state index is 0.0771. The number of aromatic nitrogens is 2. The summed E-state index contributed by atoms with van der Waals surface area (Å²) in [6.45, 7) is 0.150. The van der Waals surface area contributed by atoms with Crippen LogP contribution in [0.2, 0.25) is 5.28 Å². The van der Waals surface area contributed by atoms with Crippen molar-refractivity contribution >= 4 is 44.0 Å². The first-order valence-electron chi connectivity index (χ1n) is 7.54. The Morgan fingerprint density at radius 3 is 2.46 bits per heavy atom. The lowest BCUT2D eigenvalue weighted by molar-refractivity contribution is 0.174. The molecule has 0 amide bonds. The molecule has 0 bridgehead atoms. The van der Waals surface area contributed by atoms with Gasteiger partial charge in [0.15, 0.2) is 11.5 Å². The molecule has 0 saturated carbocycles. The minimum atomic E-state index is -3.49. The third kappa shape index (κ3) is 3.00. The molecule has 0 spiro atoms. The summed E-state index contributed by atoms with van der Waals surface area (Å²) in [6, 6.07) is 9.77. The first-order chi connectivity index (χ1) is 12.5. The highest BCUT2D eigenvalue weighted by molar-refractivity contribution is 7.89. The van der Waals surface area contributed by atoms with E-state index < -0.39 is 10.0 Å². The van der Waals surface area contributed by atoms with Gasteiger partial charge >= 0.3 is 0 Å². The Hall–Kier alpha value is -2.62. The predicted octanol–water partition coefficient (Wildman–Crippen LogP) is 2.66. The molecule has 1 aliphatic rings. The van der Waals surface area contributed by atoms with Gasteiger partial charge in [-0.1, -0.05) is 0 Å². The molecule has 10 heteroatoms. The third-order valence-electron chi connectivity index (χ3n) is 3.86. The van der Waals surface area contributed by atoms with E-state index in [0.717, 1.165) is 0 Å². The van der Waals surface area contributed by atoms with E-state index in [-0.39, 0.29) is 17.0 Å². The maximum atomic E-state index is 11.8. The average Bonchev–Trinajstić information content (AvgIpc) is 3.08. The fourth-order valence-corrected chi connectivity index (χ4v) is 3.46. The van der Waals surface area contributed by atoms with Crippen LogP contribution < -0.4 is 19.5 Å². The molecule has 134 valence electrons. The molecule has 2 aromatic carbocycles. The second kappa shape index (κ2) is 6.27. The number of halogens is 1. The van der Waals surface area contributed by atoms with Gasteiger partial charge in [-0.05, 0) is 49.0 Å². The Morgan fingerprint density at radius 2 is 1.77 bits per heavy atom. The van der Waals surface area contributed by atoms with Crippen molar-refractivity contribution in [3.8, 4) is 11.5 Å². The van der Waals surface area contributed by atoms with Crippen molar-refractivity contribution in [1.29, 1.82) is 0 Å². The topological polar surface area (TPSA) is 102 Å². The summed E-state index contributed by atoms with van der Waals surface area (Å²) in [6.07, 6.45) is 0. The Labute approximate surface area is 154 Å². The largest absolute Gasteiger partial charge is 0.454 e. The zero-order valence-corrected chi connectivity index (χ0v) is 15.1. The third-order valence-corrected chi connectivity index (χ3v) is 5.46. The zero-order chi connectivity index (χ0) is 18.3. The molecule has 0 aliphatic carbocycles. The van der Waals surface area contributed by atoms with Crippen molar-refractivity contribution in [3.05, 3.63) is 41.7 Å². The van der Waals surface area contributed by atoms with E-state index in [1.54, 1.807) is 24.3 Å². The molecule has 3 aromatic rings. The van der Waals surface area contributed by atoms with Crippen LogP contribution in [0, 0.1) is 0 Å². The number of rotatable bonds is 4. The zero-order valence-electron chi connectivity index (χ0n) is 13.5. The number of hydrogen-bond acceptors (Lipinski definition) is 7. The van der Waals surface area contributed by atoms with E-state index in [9.17, 15) is 8.42 Å². The highest BCUT2D eigenvalue weighted by Gasteiger charge is 2.18. The Bertz CT molecular complexity index is 1100. The normalized spacial score (nSPS) is 13.2. The van der Waals surface area contributed by atoms with Crippen molar-refractivity contribution in [2.24, 2.45) is 0 Å². The van der Waals surface area contributed by atoms with Gasteiger partial charge in [0.05, 0.1) is 10.4 Å². The summed E-state index contributed by atoms with van der Waals surface area (Å²) in [7, 11) is -2.13. The van der Waals surface area contributed by atoms with Crippen molar-refractivity contribution < 1.29 is 17.9 Å². The van der Waals surface area contributed by atoms with Gasteiger partial charge in [0.1, 0.15) is 5.82 Å². The SMILES string of the molecule is CNS(=O)(=O)c1ccc(Nc2nc(Cl)nc3cc4c(cc23)OCO4)cc1. The van der Waals surface area contributed by atoms with Gasteiger partial charge in [0.25, 0.3) is 0 Å². The molecule has 0 radical (unpaired) electrons. The fourth-order valence-electron chi connectivity index (χ4n) is 2.56. The molecule has 8 nitrogen and oxygen atoms in total. The number of sulfonamides is 1. The Balaban J connectivity index is 1.73. The number of benzene rings is 2. The van der Waals surface area contributed by atoms with Gasteiger partial charge < -0.3 is 14.8 Å². The fraction of sp³-hybridized carbons (Fsp3) is 0.125.